The van der Waals surface area contributed by atoms with E-state index in [9.17, 15) is 0 Å². The van der Waals surface area contributed by atoms with Crippen LogP contribution in [0.25, 0.3) is 0 Å². The van der Waals surface area contributed by atoms with Crippen LogP contribution in [-0.2, 0) is 13.1 Å². The highest BCUT2D eigenvalue weighted by Gasteiger charge is 2.06. The lowest BCUT2D eigenvalue weighted by atomic mass is 10.4. The normalized spacial score (nSPS) is 10.9. The van der Waals surface area contributed by atoms with Gasteiger partial charge in [-0.2, -0.15) is 5.10 Å². The summed E-state index contributed by atoms with van der Waals surface area (Å²) in [6.45, 7) is 4.80. The molecule has 3 nitrogen and oxygen atoms in total. The molecule has 0 unspecified atom stereocenters. The fraction of sp³-hybridized carbons (Fsp3) is 0.364. The number of nitrogens with zero attached hydrogens (tertiary/aromatic N) is 2. The van der Waals surface area contributed by atoms with Gasteiger partial charge >= 0.3 is 0 Å². The van der Waals surface area contributed by atoms with E-state index in [2.05, 4.69) is 50.8 Å². The van der Waals surface area contributed by atoms with Crippen LogP contribution in [0.4, 0.5) is 0 Å². The fourth-order valence-electron chi connectivity index (χ4n) is 1.48. The van der Waals surface area contributed by atoms with Crippen molar-refractivity contribution < 1.29 is 0 Å². The minimum atomic E-state index is 0.839. The zero-order chi connectivity index (χ0) is 11.4. The van der Waals surface area contributed by atoms with Gasteiger partial charge < -0.3 is 5.32 Å². The van der Waals surface area contributed by atoms with E-state index >= 15 is 0 Å². The second kappa shape index (κ2) is 5.61. The Balaban J connectivity index is 2.09. The summed E-state index contributed by atoms with van der Waals surface area (Å²) in [5.41, 5.74) is 1.22. The topological polar surface area (TPSA) is 29.9 Å². The van der Waals surface area contributed by atoms with Crippen molar-refractivity contribution in [3.05, 3.63) is 38.8 Å². The maximum Gasteiger partial charge on any atom is 0.0767 e. The zero-order valence-corrected chi connectivity index (χ0v) is 11.5. The second-order valence-corrected chi connectivity index (χ2v) is 5.31. The number of hydrogen-bond acceptors (Lipinski definition) is 3. The first-order valence-corrected chi connectivity index (χ1v) is 6.91. The predicted molar refractivity (Wildman–Crippen MR) is 70.7 cm³/mol. The Hall–Kier alpha value is -0.650. The summed E-state index contributed by atoms with van der Waals surface area (Å²) in [6.07, 6.45) is 1.86. The molecular weight excluding hydrogens is 286 g/mol. The van der Waals surface area contributed by atoms with Crippen molar-refractivity contribution in [1.29, 1.82) is 0 Å². The first-order valence-electron chi connectivity index (χ1n) is 5.24. The summed E-state index contributed by atoms with van der Waals surface area (Å²) in [7, 11) is 0. The number of aromatic nitrogens is 2. The van der Waals surface area contributed by atoms with Gasteiger partial charge in [-0.05, 0) is 40.0 Å². The highest BCUT2D eigenvalue weighted by Crippen LogP contribution is 2.23. The molecule has 0 aliphatic rings. The number of nitrogens with one attached hydrogen (secondary N) is 1. The minimum Gasteiger partial charge on any atom is -0.311 e. The molecule has 2 rings (SSSR count). The predicted octanol–water partition coefficient (Wildman–Crippen LogP) is 2.86. The molecule has 0 radical (unpaired) electrons. The molecule has 0 fully saturated rings. The standard InChI is InChI=1S/C11H14BrN3S/c1-2-13-7-9-3-5-14-15(9)8-11-10(12)4-6-16-11/h3-6,13H,2,7-8H2,1H3. The van der Waals surface area contributed by atoms with E-state index in [0.717, 1.165) is 19.6 Å². The van der Waals surface area contributed by atoms with Gasteiger partial charge in [-0.1, -0.05) is 6.92 Å². The van der Waals surface area contributed by atoms with E-state index in [1.165, 1.54) is 15.0 Å². The van der Waals surface area contributed by atoms with E-state index < -0.39 is 0 Å². The Labute approximate surface area is 108 Å². The lowest BCUT2D eigenvalue weighted by Crippen LogP contribution is -2.16. The van der Waals surface area contributed by atoms with E-state index in [-0.39, 0.29) is 0 Å². The van der Waals surface area contributed by atoms with Crippen LogP contribution in [0.5, 0.6) is 0 Å². The molecular formula is C11H14BrN3S. The molecule has 0 bridgehead atoms. The van der Waals surface area contributed by atoms with Crippen molar-refractivity contribution in [2.24, 2.45) is 0 Å². The molecule has 2 heterocycles. The largest absolute Gasteiger partial charge is 0.311 e. The van der Waals surface area contributed by atoms with Gasteiger partial charge in [0.25, 0.3) is 0 Å². The summed E-state index contributed by atoms with van der Waals surface area (Å²) in [5.74, 6) is 0. The third-order valence-electron chi connectivity index (χ3n) is 2.35. The number of halogens is 1. The lowest BCUT2D eigenvalue weighted by Gasteiger charge is -2.07. The van der Waals surface area contributed by atoms with Gasteiger partial charge in [-0.25, -0.2) is 0 Å². The molecule has 1 N–H and O–H groups in total. The van der Waals surface area contributed by atoms with Crippen LogP contribution in [0, 0.1) is 0 Å². The second-order valence-electron chi connectivity index (χ2n) is 3.45. The molecule has 2 aromatic heterocycles. The van der Waals surface area contributed by atoms with Gasteiger partial charge in [0.1, 0.15) is 0 Å². The van der Waals surface area contributed by atoms with Crippen LogP contribution in [0.1, 0.15) is 17.5 Å². The third kappa shape index (κ3) is 2.72. The first-order chi connectivity index (χ1) is 7.81. The molecule has 0 aromatic carbocycles. The molecule has 0 saturated carbocycles. The van der Waals surface area contributed by atoms with E-state index in [1.807, 2.05) is 10.9 Å². The summed E-state index contributed by atoms with van der Waals surface area (Å²) in [5, 5.41) is 9.75. The maximum absolute atomic E-state index is 4.35. The molecule has 16 heavy (non-hydrogen) atoms. The fourth-order valence-corrected chi connectivity index (χ4v) is 2.94. The molecule has 0 aliphatic heterocycles. The van der Waals surface area contributed by atoms with Crippen molar-refractivity contribution in [3.8, 4) is 0 Å². The Bertz CT molecular complexity index is 450. The molecule has 86 valence electrons. The highest BCUT2D eigenvalue weighted by molar-refractivity contribution is 9.10. The van der Waals surface area contributed by atoms with Crippen LogP contribution in [0.15, 0.2) is 28.2 Å². The first kappa shape index (κ1) is 11.8. The van der Waals surface area contributed by atoms with Crippen LogP contribution in [0.3, 0.4) is 0 Å². The molecule has 0 atom stereocenters. The Morgan fingerprint density at radius 1 is 1.50 bits per heavy atom. The van der Waals surface area contributed by atoms with Gasteiger partial charge in [0.2, 0.25) is 0 Å². The Morgan fingerprint density at radius 2 is 2.38 bits per heavy atom. The SMILES string of the molecule is CCNCc1ccnn1Cc1sccc1Br. The zero-order valence-electron chi connectivity index (χ0n) is 9.11. The van der Waals surface area contributed by atoms with Gasteiger partial charge in [-0.15, -0.1) is 11.3 Å². The van der Waals surface area contributed by atoms with E-state index in [1.54, 1.807) is 11.3 Å². The lowest BCUT2D eigenvalue weighted by molar-refractivity contribution is 0.609. The molecule has 2 aromatic rings. The maximum atomic E-state index is 4.35. The van der Waals surface area contributed by atoms with Gasteiger partial charge in [-0.3, -0.25) is 4.68 Å². The van der Waals surface area contributed by atoms with Crippen molar-refractivity contribution in [3.63, 3.8) is 0 Å². The van der Waals surface area contributed by atoms with Gasteiger partial charge in [0, 0.05) is 22.1 Å². The third-order valence-corrected chi connectivity index (χ3v) is 4.26. The Kier molecular flexibility index (Phi) is 4.15. The summed E-state index contributed by atoms with van der Waals surface area (Å²) in [4.78, 5) is 1.31. The average Bonchev–Trinajstić information content (AvgIpc) is 2.87. The number of thiophene rings is 1. The van der Waals surface area contributed by atoms with Crippen LogP contribution in [0.2, 0.25) is 0 Å². The summed E-state index contributed by atoms with van der Waals surface area (Å²) in [6, 6.07) is 4.14. The van der Waals surface area contributed by atoms with E-state index in [0.29, 0.717) is 0 Å². The van der Waals surface area contributed by atoms with Crippen molar-refractivity contribution in [2.75, 3.05) is 6.54 Å². The molecule has 5 heteroatoms. The summed E-state index contributed by atoms with van der Waals surface area (Å²) >= 11 is 5.30. The van der Waals surface area contributed by atoms with Crippen LogP contribution >= 0.6 is 27.3 Å². The van der Waals surface area contributed by atoms with Gasteiger partial charge in [0.15, 0.2) is 0 Å². The molecule has 0 amide bonds. The minimum absolute atomic E-state index is 0.839. The van der Waals surface area contributed by atoms with E-state index in [4.69, 9.17) is 0 Å². The van der Waals surface area contributed by atoms with Crippen LogP contribution in [-0.4, -0.2) is 16.3 Å². The Morgan fingerprint density at radius 3 is 3.06 bits per heavy atom. The van der Waals surface area contributed by atoms with Crippen LogP contribution < -0.4 is 5.32 Å². The number of hydrogen-bond donors (Lipinski definition) is 1. The molecule has 0 spiro atoms. The molecule has 0 saturated heterocycles. The van der Waals surface area contributed by atoms with Crippen molar-refractivity contribution in [1.82, 2.24) is 15.1 Å². The summed E-state index contributed by atoms with van der Waals surface area (Å²) < 4.78 is 3.21. The van der Waals surface area contributed by atoms with Gasteiger partial charge in [0.05, 0.1) is 12.2 Å². The van der Waals surface area contributed by atoms with Crippen molar-refractivity contribution >= 4 is 27.3 Å². The van der Waals surface area contributed by atoms with Crippen molar-refractivity contribution in [2.45, 2.75) is 20.0 Å². The average molecular weight is 300 g/mol. The quantitative estimate of drug-likeness (QED) is 0.920. The monoisotopic (exact) mass is 299 g/mol. The highest BCUT2D eigenvalue weighted by atomic mass is 79.9. The smallest absolute Gasteiger partial charge is 0.0767 e. The number of rotatable bonds is 5. The molecule has 0 aliphatic carbocycles.